The first kappa shape index (κ1) is 18.0. The highest BCUT2D eigenvalue weighted by Crippen LogP contribution is 2.21. The Morgan fingerprint density at radius 2 is 2.04 bits per heavy atom. The lowest BCUT2D eigenvalue weighted by Gasteiger charge is -2.06. The number of carbonyl (C=O) groups excluding carboxylic acids is 1. The second-order valence-corrected chi connectivity index (χ2v) is 6.47. The van der Waals surface area contributed by atoms with Gasteiger partial charge in [0.2, 0.25) is 5.91 Å². The number of amides is 1. The van der Waals surface area contributed by atoms with E-state index in [1.165, 1.54) is 9.58 Å². The van der Waals surface area contributed by atoms with Crippen LogP contribution in [0.5, 0.6) is 0 Å². The smallest absolute Gasteiger partial charge is 0.312 e. The fraction of sp³-hybridized carbons (Fsp3) is 0.375. The van der Waals surface area contributed by atoms with Crippen molar-refractivity contribution in [3.05, 3.63) is 51.8 Å². The molecule has 0 bridgehead atoms. The summed E-state index contributed by atoms with van der Waals surface area (Å²) in [5, 5.41) is 17.8. The lowest BCUT2D eigenvalue weighted by Crippen LogP contribution is -2.29. The Bertz CT molecular complexity index is 716. The molecule has 0 aliphatic rings. The van der Waals surface area contributed by atoms with Crippen molar-refractivity contribution in [1.82, 2.24) is 15.1 Å². The molecular formula is C16H20N4O3S. The highest BCUT2D eigenvalue weighted by molar-refractivity contribution is 7.99. The Labute approximate surface area is 144 Å². The van der Waals surface area contributed by atoms with Crippen LogP contribution in [0.2, 0.25) is 0 Å². The molecule has 1 heterocycles. The van der Waals surface area contributed by atoms with Crippen LogP contribution in [0.25, 0.3) is 0 Å². The van der Waals surface area contributed by atoms with Crippen LogP contribution in [-0.4, -0.2) is 32.9 Å². The van der Waals surface area contributed by atoms with E-state index in [0.29, 0.717) is 17.9 Å². The molecule has 0 unspecified atom stereocenters. The minimum atomic E-state index is -0.465. The first-order valence-corrected chi connectivity index (χ1v) is 8.60. The molecule has 0 spiro atoms. The van der Waals surface area contributed by atoms with Crippen LogP contribution in [0.4, 0.5) is 5.69 Å². The lowest BCUT2D eigenvalue weighted by molar-refractivity contribution is -0.386. The van der Waals surface area contributed by atoms with E-state index in [4.69, 9.17) is 0 Å². The monoisotopic (exact) mass is 348 g/mol. The lowest BCUT2D eigenvalue weighted by atomic mass is 10.3. The molecule has 8 heteroatoms. The van der Waals surface area contributed by atoms with Crippen LogP contribution in [-0.2, 0) is 11.3 Å². The third-order valence-corrected chi connectivity index (χ3v) is 4.57. The third kappa shape index (κ3) is 4.82. The van der Waals surface area contributed by atoms with Crippen LogP contribution in [0.15, 0.2) is 35.2 Å². The summed E-state index contributed by atoms with van der Waals surface area (Å²) in [7, 11) is 0. The minimum Gasteiger partial charge on any atom is -0.354 e. The van der Waals surface area contributed by atoms with E-state index >= 15 is 0 Å². The normalized spacial score (nSPS) is 10.6. The van der Waals surface area contributed by atoms with Gasteiger partial charge < -0.3 is 5.32 Å². The van der Waals surface area contributed by atoms with Crippen LogP contribution >= 0.6 is 11.8 Å². The standard InChI is InChI=1S/C16H20N4O3S/c1-12-16(20(22)23)13(2)19(18-12)11-15(21)17-9-6-10-24-14-7-4-3-5-8-14/h3-5,7-8H,6,9-11H2,1-2H3,(H,17,21). The second-order valence-electron chi connectivity index (χ2n) is 5.30. The average molecular weight is 348 g/mol. The molecule has 1 amide bonds. The van der Waals surface area contributed by atoms with Gasteiger partial charge in [0.15, 0.2) is 0 Å². The first-order chi connectivity index (χ1) is 11.5. The van der Waals surface area contributed by atoms with Crippen molar-refractivity contribution >= 4 is 23.4 Å². The van der Waals surface area contributed by atoms with Gasteiger partial charge in [0.25, 0.3) is 0 Å². The zero-order chi connectivity index (χ0) is 17.5. The van der Waals surface area contributed by atoms with Gasteiger partial charge in [0.1, 0.15) is 17.9 Å². The number of aromatic nitrogens is 2. The van der Waals surface area contributed by atoms with Crippen LogP contribution < -0.4 is 5.32 Å². The fourth-order valence-corrected chi connectivity index (χ4v) is 3.18. The van der Waals surface area contributed by atoms with Crippen molar-refractivity contribution in [2.24, 2.45) is 0 Å². The molecule has 1 aromatic heterocycles. The number of aryl methyl sites for hydroxylation is 1. The Morgan fingerprint density at radius 1 is 1.33 bits per heavy atom. The maximum atomic E-state index is 11.9. The van der Waals surface area contributed by atoms with Crippen molar-refractivity contribution in [3.63, 3.8) is 0 Å². The molecule has 1 N–H and O–H groups in total. The van der Waals surface area contributed by atoms with Crippen LogP contribution in [0.1, 0.15) is 17.8 Å². The number of hydrogen-bond donors (Lipinski definition) is 1. The summed E-state index contributed by atoms with van der Waals surface area (Å²) in [6.07, 6.45) is 0.850. The average Bonchev–Trinajstić information content (AvgIpc) is 2.82. The molecule has 0 radical (unpaired) electrons. The number of nitrogens with one attached hydrogen (secondary N) is 1. The molecule has 1 aromatic carbocycles. The summed E-state index contributed by atoms with van der Waals surface area (Å²) in [6, 6.07) is 10.1. The van der Waals surface area contributed by atoms with Gasteiger partial charge in [-0.25, -0.2) is 0 Å². The van der Waals surface area contributed by atoms with Gasteiger partial charge in [-0.2, -0.15) is 5.10 Å². The number of rotatable bonds is 8. The van der Waals surface area contributed by atoms with E-state index in [0.717, 1.165) is 12.2 Å². The van der Waals surface area contributed by atoms with Crippen LogP contribution in [0.3, 0.4) is 0 Å². The van der Waals surface area contributed by atoms with Crippen molar-refractivity contribution in [2.75, 3.05) is 12.3 Å². The molecule has 24 heavy (non-hydrogen) atoms. The molecule has 0 atom stereocenters. The molecule has 128 valence electrons. The van der Waals surface area contributed by atoms with Gasteiger partial charge in [-0.1, -0.05) is 18.2 Å². The summed E-state index contributed by atoms with van der Waals surface area (Å²) in [5.74, 6) is 0.718. The number of benzene rings is 1. The summed E-state index contributed by atoms with van der Waals surface area (Å²) in [5.41, 5.74) is 0.693. The summed E-state index contributed by atoms with van der Waals surface area (Å²) in [4.78, 5) is 23.6. The number of hydrogen-bond acceptors (Lipinski definition) is 5. The molecule has 0 aliphatic heterocycles. The number of carbonyl (C=O) groups is 1. The van der Waals surface area contributed by atoms with Crippen LogP contribution in [0, 0.1) is 24.0 Å². The van der Waals surface area contributed by atoms with E-state index < -0.39 is 4.92 Å². The molecule has 7 nitrogen and oxygen atoms in total. The third-order valence-electron chi connectivity index (χ3n) is 3.47. The molecule has 2 aromatic rings. The zero-order valence-corrected chi connectivity index (χ0v) is 14.5. The van der Waals surface area contributed by atoms with E-state index in [2.05, 4.69) is 22.5 Å². The predicted molar refractivity (Wildman–Crippen MR) is 93.1 cm³/mol. The van der Waals surface area contributed by atoms with Crippen molar-refractivity contribution < 1.29 is 9.72 Å². The molecule has 0 saturated carbocycles. The highest BCUT2D eigenvalue weighted by atomic mass is 32.2. The Balaban J connectivity index is 1.74. The van der Waals surface area contributed by atoms with Gasteiger partial charge in [0.05, 0.1) is 4.92 Å². The molecule has 2 rings (SSSR count). The zero-order valence-electron chi connectivity index (χ0n) is 13.7. The second kappa shape index (κ2) is 8.49. The number of nitro groups is 1. The first-order valence-electron chi connectivity index (χ1n) is 7.62. The van der Waals surface area contributed by atoms with Gasteiger partial charge >= 0.3 is 5.69 Å². The van der Waals surface area contributed by atoms with Gasteiger partial charge in [0, 0.05) is 11.4 Å². The topological polar surface area (TPSA) is 90.1 Å². The van der Waals surface area contributed by atoms with Crippen molar-refractivity contribution in [1.29, 1.82) is 0 Å². The molecular weight excluding hydrogens is 328 g/mol. The van der Waals surface area contributed by atoms with Gasteiger partial charge in [-0.3, -0.25) is 19.6 Å². The van der Waals surface area contributed by atoms with Crippen molar-refractivity contribution in [3.8, 4) is 0 Å². The Hall–Kier alpha value is -2.35. The number of nitrogens with zero attached hydrogens (tertiary/aromatic N) is 3. The molecule has 0 fully saturated rings. The van der Waals surface area contributed by atoms with Crippen molar-refractivity contribution in [2.45, 2.75) is 31.7 Å². The minimum absolute atomic E-state index is 0.00760. The summed E-state index contributed by atoms with van der Waals surface area (Å²) >= 11 is 1.74. The van der Waals surface area contributed by atoms with Gasteiger partial charge in [-0.05, 0) is 38.2 Å². The SMILES string of the molecule is Cc1nn(CC(=O)NCCCSc2ccccc2)c(C)c1[N+](=O)[O-]. The quantitative estimate of drug-likeness (QED) is 0.343. The predicted octanol–water partition coefficient (Wildman–Crippen LogP) is 2.71. The maximum absolute atomic E-state index is 11.9. The highest BCUT2D eigenvalue weighted by Gasteiger charge is 2.22. The van der Waals surface area contributed by atoms with E-state index in [9.17, 15) is 14.9 Å². The van der Waals surface area contributed by atoms with Gasteiger partial charge in [-0.15, -0.1) is 11.8 Å². The number of thioether (sulfide) groups is 1. The van der Waals surface area contributed by atoms with E-state index in [1.807, 2.05) is 18.2 Å². The molecule has 0 aliphatic carbocycles. The van der Waals surface area contributed by atoms with E-state index in [1.54, 1.807) is 25.6 Å². The largest absolute Gasteiger partial charge is 0.354 e. The Kier molecular flexibility index (Phi) is 6.36. The molecule has 0 saturated heterocycles. The fourth-order valence-electron chi connectivity index (χ4n) is 2.30. The maximum Gasteiger partial charge on any atom is 0.312 e. The summed E-state index contributed by atoms with van der Waals surface area (Å²) in [6.45, 7) is 3.73. The Morgan fingerprint density at radius 3 is 2.67 bits per heavy atom. The van der Waals surface area contributed by atoms with E-state index in [-0.39, 0.29) is 18.1 Å². The summed E-state index contributed by atoms with van der Waals surface area (Å²) < 4.78 is 1.38.